The molecule has 1 fully saturated rings. The predicted octanol–water partition coefficient (Wildman–Crippen LogP) is 4.30. The molecule has 12 nitrogen and oxygen atoms in total. The number of fused-ring (bicyclic) bond motifs is 8. The van der Waals surface area contributed by atoms with Gasteiger partial charge in [-0.25, -0.2) is 4.79 Å². The van der Waals surface area contributed by atoms with E-state index in [1.807, 2.05) is 46.1 Å². The minimum Gasteiger partial charge on any atom is -0.441 e. The molecule has 0 aromatic heterocycles. The first kappa shape index (κ1) is 42.5. The molecule has 61 heavy (non-hydrogen) atoms. The van der Waals surface area contributed by atoms with E-state index in [4.69, 9.17) is 10.5 Å². The van der Waals surface area contributed by atoms with Gasteiger partial charge in [-0.3, -0.25) is 43.6 Å². The largest absolute Gasteiger partial charge is 0.441 e. The van der Waals surface area contributed by atoms with Crippen LogP contribution < -0.4 is 16.1 Å². The molecule has 0 bridgehead atoms. The van der Waals surface area contributed by atoms with Crippen LogP contribution in [0.3, 0.4) is 0 Å². The maximum atomic E-state index is 14.3. The van der Waals surface area contributed by atoms with Crippen molar-refractivity contribution >= 4 is 65.7 Å². The Balaban J connectivity index is 1.36. The lowest BCUT2D eigenvalue weighted by Crippen LogP contribution is -2.67. The van der Waals surface area contributed by atoms with E-state index in [0.29, 0.717) is 60.6 Å². The second-order valence-corrected chi connectivity index (χ2v) is 21.6. The number of ether oxygens (including phenoxy) is 1. The summed E-state index contributed by atoms with van der Waals surface area (Å²) in [6.07, 6.45) is 10.1. The van der Waals surface area contributed by atoms with Crippen LogP contribution in [0.4, 0.5) is 0 Å². The maximum absolute atomic E-state index is 14.3. The standard InChI is InChI=1S/C47H53N5O7SSi/c1-6-49(7-2)39(51-41(53)17-18-42(51)54)25-29-13-15-33-37(23-29)61(21-11-10-12-22-61)38-24-30(26-40(50(8-3)9-4)52-43(55)19-20-44(52)56)14-16-34(38)47(33)35-27-32(45(48)57)36(60-5)28-31(35)46(58)59-47/h13-20,23-24,27-28,39-40H,6-12,21-22,25-26H2,1-5H3,(H2,48,57). The van der Waals surface area contributed by atoms with Crippen molar-refractivity contribution < 1.29 is 33.5 Å². The van der Waals surface area contributed by atoms with E-state index in [1.54, 1.807) is 12.1 Å². The lowest BCUT2D eigenvalue weighted by Gasteiger charge is -2.48. The number of amides is 5. The quantitative estimate of drug-likeness (QED) is 0.108. The molecule has 3 aromatic carbocycles. The number of rotatable bonds is 14. The molecular weight excluding hydrogens is 807 g/mol. The first-order chi connectivity index (χ1) is 29.4. The fourth-order valence-electron chi connectivity index (χ4n) is 10.8. The average Bonchev–Trinajstić information content (AvgIpc) is 3.89. The van der Waals surface area contributed by atoms with Gasteiger partial charge in [0, 0.05) is 58.7 Å². The van der Waals surface area contributed by atoms with Crippen molar-refractivity contribution in [1.82, 2.24) is 19.6 Å². The summed E-state index contributed by atoms with van der Waals surface area (Å²) in [4.78, 5) is 87.6. The van der Waals surface area contributed by atoms with Gasteiger partial charge in [-0.05, 0) is 78.2 Å². The fourth-order valence-corrected chi connectivity index (χ4v) is 17.2. The number of imide groups is 2. The van der Waals surface area contributed by atoms with Gasteiger partial charge in [-0.1, -0.05) is 83.4 Å². The van der Waals surface area contributed by atoms with Crippen molar-refractivity contribution in [1.29, 1.82) is 0 Å². The molecule has 0 aliphatic carbocycles. The Labute approximate surface area is 362 Å². The number of thioether (sulfide) groups is 1. The molecule has 2 unspecified atom stereocenters. The Morgan fingerprint density at radius 2 is 1.16 bits per heavy atom. The highest BCUT2D eigenvalue weighted by atomic mass is 32.2. The van der Waals surface area contributed by atoms with E-state index < -0.39 is 37.9 Å². The number of hydrogen-bond donors (Lipinski definition) is 1. The number of carbonyl (C=O) groups excluding carboxylic acids is 6. The topological polar surface area (TPSA) is 151 Å². The monoisotopic (exact) mass is 859 g/mol. The second kappa shape index (κ2) is 16.6. The van der Waals surface area contributed by atoms with Crippen LogP contribution in [0, 0.1) is 0 Å². The highest BCUT2D eigenvalue weighted by Crippen LogP contribution is 2.52. The van der Waals surface area contributed by atoms with Crippen LogP contribution in [-0.4, -0.2) is 108 Å². The molecule has 8 rings (SSSR count). The van der Waals surface area contributed by atoms with Gasteiger partial charge >= 0.3 is 5.97 Å². The molecule has 5 amide bonds. The van der Waals surface area contributed by atoms with Gasteiger partial charge in [0.15, 0.2) is 5.60 Å². The Morgan fingerprint density at radius 1 is 0.705 bits per heavy atom. The number of nitrogens with two attached hydrogens (primary N) is 1. The molecule has 5 aliphatic heterocycles. The molecule has 0 radical (unpaired) electrons. The highest BCUT2D eigenvalue weighted by Gasteiger charge is 2.59. The third-order valence-electron chi connectivity index (χ3n) is 13.7. The lowest BCUT2D eigenvalue weighted by atomic mass is 9.78. The van der Waals surface area contributed by atoms with Crippen LogP contribution >= 0.6 is 11.8 Å². The number of benzene rings is 3. The van der Waals surface area contributed by atoms with Crippen LogP contribution in [0.15, 0.2) is 77.7 Å². The maximum Gasteiger partial charge on any atom is 0.340 e. The van der Waals surface area contributed by atoms with Crippen LogP contribution in [0.1, 0.15) is 95.5 Å². The number of esters is 1. The number of nitrogens with zero attached hydrogens (tertiary/aromatic N) is 4. The minimum atomic E-state index is -2.70. The summed E-state index contributed by atoms with van der Waals surface area (Å²) in [6, 6.07) is 18.1. The van der Waals surface area contributed by atoms with E-state index in [9.17, 15) is 28.8 Å². The Morgan fingerprint density at radius 3 is 1.57 bits per heavy atom. The molecule has 318 valence electrons. The summed E-state index contributed by atoms with van der Waals surface area (Å²) in [5, 5.41) is 2.27. The van der Waals surface area contributed by atoms with Crippen molar-refractivity contribution in [3.05, 3.63) is 112 Å². The molecule has 0 saturated carbocycles. The fraction of sp³-hybridized carbons (Fsp3) is 0.404. The normalized spacial score (nSPS) is 20.9. The average molecular weight is 860 g/mol. The molecule has 2 atom stereocenters. The number of carbonyl (C=O) groups is 6. The van der Waals surface area contributed by atoms with Crippen molar-refractivity contribution in [2.24, 2.45) is 5.73 Å². The Bertz CT molecular complexity index is 2270. The van der Waals surface area contributed by atoms with E-state index in [2.05, 4.69) is 34.1 Å². The molecular formula is C47H53N5O7SSi. The lowest BCUT2D eigenvalue weighted by molar-refractivity contribution is -0.145. The zero-order valence-electron chi connectivity index (χ0n) is 35.5. The Kier molecular flexibility index (Phi) is 11.6. The van der Waals surface area contributed by atoms with E-state index >= 15 is 0 Å². The van der Waals surface area contributed by atoms with Gasteiger partial charge < -0.3 is 10.5 Å². The van der Waals surface area contributed by atoms with E-state index in [1.165, 1.54) is 45.9 Å². The number of hydrogen-bond acceptors (Lipinski definition) is 10. The highest BCUT2D eigenvalue weighted by molar-refractivity contribution is 7.98. The van der Waals surface area contributed by atoms with Gasteiger partial charge in [0.25, 0.3) is 23.6 Å². The summed E-state index contributed by atoms with van der Waals surface area (Å²) >= 11 is 1.34. The van der Waals surface area contributed by atoms with Crippen molar-refractivity contribution in [3.8, 4) is 0 Å². The predicted molar refractivity (Wildman–Crippen MR) is 236 cm³/mol. The van der Waals surface area contributed by atoms with Crippen LogP contribution in [0.5, 0.6) is 0 Å². The molecule has 14 heteroatoms. The van der Waals surface area contributed by atoms with Gasteiger partial charge in [0.2, 0.25) is 5.91 Å². The number of primary amides is 1. The third-order valence-corrected chi connectivity index (χ3v) is 19.8. The molecule has 2 N–H and O–H groups in total. The molecule has 1 saturated heterocycles. The van der Waals surface area contributed by atoms with Crippen molar-refractivity contribution in [2.45, 2.75) is 94.7 Å². The van der Waals surface area contributed by atoms with Crippen molar-refractivity contribution in [3.63, 3.8) is 0 Å². The van der Waals surface area contributed by atoms with Gasteiger partial charge in [0.05, 0.1) is 23.5 Å². The zero-order chi connectivity index (χ0) is 43.4. The summed E-state index contributed by atoms with van der Waals surface area (Å²) in [5.74, 6) is -2.43. The zero-order valence-corrected chi connectivity index (χ0v) is 37.3. The summed E-state index contributed by atoms with van der Waals surface area (Å²) in [6.45, 7) is 10.6. The number of likely N-dealkylation sites (N-methyl/N-ethyl adjacent to an activating group) is 2. The smallest absolute Gasteiger partial charge is 0.340 e. The Hall–Kier alpha value is -5.15. The van der Waals surface area contributed by atoms with E-state index in [0.717, 1.165) is 64.0 Å². The summed E-state index contributed by atoms with van der Waals surface area (Å²) in [7, 11) is -2.70. The minimum absolute atomic E-state index is 0.307. The van der Waals surface area contributed by atoms with Crippen LogP contribution in [0.2, 0.25) is 12.1 Å². The molecule has 2 spiro atoms. The van der Waals surface area contributed by atoms with Crippen LogP contribution in [0.25, 0.3) is 0 Å². The third kappa shape index (κ3) is 6.82. The van der Waals surface area contributed by atoms with Crippen molar-refractivity contribution in [2.75, 3.05) is 32.4 Å². The summed E-state index contributed by atoms with van der Waals surface area (Å²) in [5.41, 5.74) is 9.48. The van der Waals surface area contributed by atoms with Gasteiger partial charge in [0.1, 0.15) is 8.07 Å². The van der Waals surface area contributed by atoms with E-state index in [-0.39, 0.29) is 23.6 Å². The summed E-state index contributed by atoms with van der Waals surface area (Å²) < 4.78 is 6.78. The first-order valence-corrected chi connectivity index (χ1v) is 25.1. The molecule has 5 heterocycles. The second-order valence-electron chi connectivity index (χ2n) is 16.5. The van der Waals surface area contributed by atoms with Crippen LogP contribution in [-0.2, 0) is 42.4 Å². The SMILES string of the molecule is CCN(CC)C(Cc1ccc2c(c1)[Si]1(CCCCC1)c1cc(CC(N(CC)CC)N3C(=O)C=CC3=O)ccc1C21OC(=O)c2cc(SC)c(C(N)=O)cc21)N1C(=O)C=CC1=O. The first-order valence-electron chi connectivity index (χ1n) is 21.5. The molecule has 5 aliphatic rings. The van der Waals surface area contributed by atoms with Gasteiger partial charge in [-0.2, -0.15) is 0 Å². The molecule has 3 aromatic rings. The van der Waals surface area contributed by atoms with Gasteiger partial charge in [-0.15, -0.1) is 11.8 Å².